The molecule has 6 nitrogen and oxygen atoms in total. The summed E-state index contributed by atoms with van der Waals surface area (Å²) in [5.74, 6) is 0.460. The Morgan fingerprint density at radius 2 is 1.96 bits per heavy atom. The van der Waals surface area contributed by atoms with E-state index in [2.05, 4.69) is 20.6 Å². The number of nitrogens with zero attached hydrogens (tertiary/aromatic N) is 4. The van der Waals surface area contributed by atoms with Gasteiger partial charge < -0.3 is 5.32 Å². The lowest BCUT2D eigenvalue weighted by molar-refractivity contribution is 0.102. The van der Waals surface area contributed by atoms with E-state index in [9.17, 15) is 4.79 Å². The molecule has 0 spiro atoms. The van der Waals surface area contributed by atoms with Crippen molar-refractivity contribution in [3.05, 3.63) is 63.9 Å². The number of halogens is 2. The van der Waals surface area contributed by atoms with Crippen LogP contribution in [0.4, 0.5) is 5.69 Å². The monoisotopic (exact) mass is 403 g/mol. The summed E-state index contributed by atoms with van der Waals surface area (Å²) in [6.07, 6.45) is 0. The molecule has 4 rings (SSSR count). The number of nitrogens with one attached hydrogen (secondary N) is 1. The predicted molar refractivity (Wildman–Crippen MR) is 103 cm³/mol. The van der Waals surface area contributed by atoms with Crippen LogP contribution >= 0.6 is 34.5 Å². The Labute approximate surface area is 162 Å². The van der Waals surface area contributed by atoms with Crippen molar-refractivity contribution in [1.29, 1.82) is 0 Å². The molecule has 0 fully saturated rings. The summed E-state index contributed by atoms with van der Waals surface area (Å²) in [7, 11) is 0. The molecule has 0 saturated heterocycles. The summed E-state index contributed by atoms with van der Waals surface area (Å²) < 4.78 is 1.70. The van der Waals surface area contributed by atoms with E-state index in [1.165, 1.54) is 17.4 Å². The van der Waals surface area contributed by atoms with Crippen LogP contribution in [0.5, 0.6) is 0 Å². The van der Waals surface area contributed by atoms with Gasteiger partial charge in [-0.05, 0) is 37.3 Å². The van der Waals surface area contributed by atoms with Crippen molar-refractivity contribution in [1.82, 2.24) is 19.8 Å². The van der Waals surface area contributed by atoms with Gasteiger partial charge in [-0.2, -0.15) is 9.61 Å². The summed E-state index contributed by atoms with van der Waals surface area (Å²) in [5, 5.41) is 16.9. The van der Waals surface area contributed by atoms with Gasteiger partial charge in [0.05, 0.1) is 10.0 Å². The van der Waals surface area contributed by atoms with E-state index in [0.29, 0.717) is 21.3 Å². The average molecular weight is 404 g/mol. The second-order valence-corrected chi connectivity index (χ2v) is 7.28. The maximum absolute atomic E-state index is 12.4. The minimum atomic E-state index is -0.269. The fourth-order valence-electron chi connectivity index (χ4n) is 2.40. The number of aryl methyl sites for hydroxylation is 1. The zero-order valence-corrected chi connectivity index (χ0v) is 15.7. The van der Waals surface area contributed by atoms with E-state index in [4.69, 9.17) is 23.2 Å². The molecule has 0 aliphatic heterocycles. The van der Waals surface area contributed by atoms with Crippen LogP contribution < -0.4 is 5.32 Å². The van der Waals surface area contributed by atoms with Crippen molar-refractivity contribution in [3.8, 4) is 10.6 Å². The summed E-state index contributed by atoms with van der Waals surface area (Å²) in [4.78, 5) is 13.1. The number of carbonyl (C=O) groups excluding carboxylic acids is 1. The van der Waals surface area contributed by atoms with Gasteiger partial charge in [-0.1, -0.05) is 46.7 Å². The number of fused-ring (bicyclic) bond motifs is 1. The molecule has 0 atom stereocenters. The quantitative estimate of drug-likeness (QED) is 0.536. The molecule has 1 N–H and O–H groups in total. The number of benzene rings is 2. The standard InChI is InChI=1S/C17H11Cl2N5OS/c1-9-21-22-17-24(9)23-16(26-17)11-3-2-4-12(7-11)20-15(25)10-5-6-13(18)14(19)8-10/h2-8H,1H3,(H,20,25). The number of carbonyl (C=O) groups is 1. The number of amides is 1. The lowest BCUT2D eigenvalue weighted by atomic mass is 10.2. The maximum atomic E-state index is 12.4. The molecule has 0 radical (unpaired) electrons. The molecule has 26 heavy (non-hydrogen) atoms. The summed E-state index contributed by atoms with van der Waals surface area (Å²) in [6.45, 7) is 1.84. The minimum Gasteiger partial charge on any atom is -0.322 e. The van der Waals surface area contributed by atoms with Gasteiger partial charge in [-0.3, -0.25) is 4.79 Å². The van der Waals surface area contributed by atoms with Crippen LogP contribution in [0.1, 0.15) is 16.2 Å². The number of rotatable bonds is 3. The van der Waals surface area contributed by atoms with Crippen LogP contribution in [0, 0.1) is 6.92 Å². The van der Waals surface area contributed by atoms with Crippen LogP contribution in [0.25, 0.3) is 15.5 Å². The first-order chi connectivity index (χ1) is 12.5. The molecule has 4 aromatic rings. The molecule has 9 heteroatoms. The zero-order valence-electron chi connectivity index (χ0n) is 13.4. The van der Waals surface area contributed by atoms with Crippen molar-refractivity contribution >= 4 is 51.1 Å². The van der Waals surface area contributed by atoms with E-state index in [0.717, 1.165) is 21.4 Å². The first-order valence-electron chi connectivity index (χ1n) is 7.57. The fourth-order valence-corrected chi connectivity index (χ4v) is 3.58. The Balaban J connectivity index is 1.60. The number of hydrogen-bond donors (Lipinski definition) is 1. The molecule has 1 amide bonds. The molecular formula is C17H11Cl2N5OS. The number of anilines is 1. The van der Waals surface area contributed by atoms with Gasteiger partial charge in [0.1, 0.15) is 5.01 Å². The first-order valence-corrected chi connectivity index (χ1v) is 9.14. The normalized spacial score (nSPS) is 11.0. The van der Waals surface area contributed by atoms with Crippen LogP contribution in [0.15, 0.2) is 42.5 Å². The molecule has 2 aromatic heterocycles. The van der Waals surface area contributed by atoms with Crippen LogP contribution in [0.3, 0.4) is 0 Å². The molecule has 2 aromatic carbocycles. The topological polar surface area (TPSA) is 72.2 Å². The predicted octanol–water partition coefficient (Wildman–Crippen LogP) is 4.72. The third-order valence-electron chi connectivity index (χ3n) is 3.70. The van der Waals surface area contributed by atoms with E-state index < -0.39 is 0 Å². The highest BCUT2D eigenvalue weighted by Gasteiger charge is 2.12. The molecule has 2 heterocycles. The number of aromatic nitrogens is 4. The Bertz CT molecular complexity index is 1140. The highest BCUT2D eigenvalue weighted by molar-refractivity contribution is 7.19. The highest BCUT2D eigenvalue weighted by atomic mass is 35.5. The van der Waals surface area contributed by atoms with Gasteiger partial charge in [0.15, 0.2) is 5.82 Å². The largest absolute Gasteiger partial charge is 0.322 e. The van der Waals surface area contributed by atoms with E-state index in [1.807, 2.05) is 31.2 Å². The van der Waals surface area contributed by atoms with E-state index in [1.54, 1.807) is 16.6 Å². The van der Waals surface area contributed by atoms with Gasteiger partial charge in [0, 0.05) is 16.8 Å². The van der Waals surface area contributed by atoms with Gasteiger partial charge in [-0.15, -0.1) is 10.2 Å². The molecule has 0 bridgehead atoms. The molecule has 0 aliphatic rings. The van der Waals surface area contributed by atoms with Crippen LogP contribution in [-0.4, -0.2) is 25.7 Å². The minimum absolute atomic E-state index is 0.269. The summed E-state index contributed by atoms with van der Waals surface area (Å²) in [6, 6.07) is 12.2. The third-order valence-corrected chi connectivity index (χ3v) is 5.38. The SMILES string of the molecule is Cc1nnc2sc(-c3cccc(NC(=O)c4ccc(Cl)c(Cl)c4)c3)nn12. The van der Waals surface area contributed by atoms with Gasteiger partial charge >= 0.3 is 0 Å². The lowest BCUT2D eigenvalue weighted by Gasteiger charge is -2.07. The molecule has 130 valence electrons. The van der Waals surface area contributed by atoms with Gasteiger partial charge in [0.25, 0.3) is 5.91 Å². The zero-order chi connectivity index (χ0) is 18.3. The fraction of sp³-hybridized carbons (Fsp3) is 0.0588. The second kappa shape index (κ2) is 6.68. The van der Waals surface area contributed by atoms with E-state index >= 15 is 0 Å². The van der Waals surface area contributed by atoms with Crippen LogP contribution in [0.2, 0.25) is 10.0 Å². The van der Waals surface area contributed by atoms with E-state index in [-0.39, 0.29) is 5.91 Å². The maximum Gasteiger partial charge on any atom is 0.255 e. The van der Waals surface area contributed by atoms with Crippen molar-refractivity contribution in [2.45, 2.75) is 6.92 Å². The van der Waals surface area contributed by atoms with Crippen molar-refractivity contribution in [2.75, 3.05) is 5.32 Å². The van der Waals surface area contributed by atoms with Gasteiger partial charge in [-0.25, -0.2) is 0 Å². The smallest absolute Gasteiger partial charge is 0.255 e. The average Bonchev–Trinajstić information content (AvgIpc) is 3.20. The third kappa shape index (κ3) is 3.16. The van der Waals surface area contributed by atoms with Crippen molar-refractivity contribution in [2.24, 2.45) is 0 Å². The molecule has 0 saturated carbocycles. The molecule has 0 aliphatic carbocycles. The summed E-state index contributed by atoms with van der Waals surface area (Å²) >= 11 is 13.3. The van der Waals surface area contributed by atoms with Gasteiger partial charge in [0.2, 0.25) is 4.96 Å². The van der Waals surface area contributed by atoms with Crippen molar-refractivity contribution in [3.63, 3.8) is 0 Å². The highest BCUT2D eigenvalue weighted by Crippen LogP contribution is 2.28. The Morgan fingerprint density at radius 3 is 2.73 bits per heavy atom. The van der Waals surface area contributed by atoms with Crippen molar-refractivity contribution < 1.29 is 4.79 Å². The second-order valence-electron chi connectivity index (χ2n) is 5.51. The Kier molecular flexibility index (Phi) is 4.36. The lowest BCUT2D eigenvalue weighted by Crippen LogP contribution is -2.11. The Morgan fingerprint density at radius 1 is 1.12 bits per heavy atom. The number of hydrogen-bond acceptors (Lipinski definition) is 5. The molecule has 0 unspecified atom stereocenters. The Hall–Kier alpha value is -2.48. The van der Waals surface area contributed by atoms with Crippen LogP contribution in [-0.2, 0) is 0 Å². The molecular weight excluding hydrogens is 393 g/mol. The first kappa shape index (κ1) is 17.0. The summed E-state index contributed by atoms with van der Waals surface area (Å²) in [5.41, 5.74) is 1.97.